The lowest BCUT2D eigenvalue weighted by molar-refractivity contribution is 0.0526. The molecule has 4 rings (SSSR count). The van der Waals surface area contributed by atoms with E-state index in [1.54, 1.807) is 36.1 Å². The minimum Gasteiger partial charge on any atom is -0.462 e. The van der Waals surface area contributed by atoms with E-state index in [0.29, 0.717) is 30.9 Å². The highest BCUT2D eigenvalue weighted by molar-refractivity contribution is 5.94. The molecule has 0 unspecified atom stereocenters. The highest BCUT2D eigenvalue weighted by atomic mass is 16.5. The number of hydrogen-bond donors (Lipinski definition) is 2. The van der Waals surface area contributed by atoms with Crippen LogP contribution in [0.15, 0.2) is 60.8 Å². The third-order valence-corrected chi connectivity index (χ3v) is 5.08. The lowest BCUT2D eigenvalue weighted by Crippen LogP contribution is -2.37. The van der Waals surface area contributed by atoms with Crippen molar-refractivity contribution in [1.82, 2.24) is 9.88 Å². The van der Waals surface area contributed by atoms with E-state index < -0.39 is 0 Å². The SMILES string of the molecule is CCOC(=O)c1ccc(NC(=O)N2CC=C(c3c[nH]c4ccccc34)CC2)cc1. The predicted molar refractivity (Wildman–Crippen MR) is 114 cm³/mol. The summed E-state index contributed by atoms with van der Waals surface area (Å²) in [4.78, 5) is 29.4. The molecule has 0 spiro atoms. The number of urea groups is 1. The van der Waals surface area contributed by atoms with Gasteiger partial charge in [0.1, 0.15) is 0 Å². The van der Waals surface area contributed by atoms with Gasteiger partial charge in [-0.3, -0.25) is 0 Å². The van der Waals surface area contributed by atoms with Gasteiger partial charge in [0.25, 0.3) is 0 Å². The zero-order valence-corrected chi connectivity index (χ0v) is 16.3. The van der Waals surface area contributed by atoms with Crippen molar-refractivity contribution < 1.29 is 14.3 Å². The number of hydrogen-bond acceptors (Lipinski definition) is 3. The summed E-state index contributed by atoms with van der Waals surface area (Å²) in [6.45, 7) is 3.31. The Morgan fingerprint density at radius 2 is 1.93 bits per heavy atom. The number of amides is 2. The van der Waals surface area contributed by atoms with Crippen molar-refractivity contribution in [2.75, 3.05) is 25.0 Å². The van der Waals surface area contributed by atoms with E-state index in [9.17, 15) is 9.59 Å². The molecule has 0 saturated carbocycles. The van der Waals surface area contributed by atoms with Gasteiger partial charge >= 0.3 is 12.0 Å². The largest absolute Gasteiger partial charge is 0.462 e. The van der Waals surface area contributed by atoms with Gasteiger partial charge in [-0.2, -0.15) is 0 Å². The molecular weight excluding hydrogens is 366 g/mol. The minimum absolute atomic E-state index is 0.150. The van der Waals surface area contributed by atoms with Crippen molar-refractivity contribution in [2.45, 2.75) is 13.3 Å². The number of anilines is 1. The number of aromatic nitrogens is 1. The normalized spacial score (nSPS) is 13.8. The summed E-state index contributed by atoms with van der Waals surface area (Å²) >= 11 is 0. The topological polar surface area (TPSA) is 74.4 Å². The van der Waals surface area contributed by atoms with Crippen LogP contribution in [-0.2, 0) is 4.74 Å². The number of aromatic amines is 1. The number of nitrogens with one attached hydrogen (secondary N) is 2. The van der Waals surface area contributed by atoms with Crippen LogP contribution in [0.2, 0.25) is 0 Å². The van der Waals surface area contributed by atoms with Gasteiger partial charge in [-0.25, -0.2) is 9.59 Å². The summed E-state index contributed by atoms with van der Waals surface area (Å²) < 4.78 is 4.97. The first kappa shape index (κ1) is 18.8. The molecule has 0 fully saturated rings. The molecule has 29 heavy (non-hydrogen) atoms. The zero-order valence-electron chi connectivity index (χ0n) is 16.3. The molecule has 0 saturated heterocycles. The second kappa shape index (κ2) is 8.22. The lowest BCUT2D eigenvalue weighted by atomic mass is 9.99. The molecular formula is C23H23N3O3. The van der Waals surface area contributed by atoms with Crippen LogP contribution in [0.4, 0.5) is 10.5 Å². The molecule has 2 amide bonds. The molecule has 0 aliphatic carbocycles. The number of carbonyl (C=O) groups is 2. The van der Waals surface area contributed by atoms with Crippen molar-refractivity contribution >= 4 is 34.2 Å². The first-order valence-electron chi connectivity index (χ1n) is 9.74. The Balaban J connectivity index is 1.39. The zero-order chi connectivity index (χ0) is 20.2. The molecule has 2 aromatic carbocycles. The van der Waals surface area contributed by atoms with Gasteiger partial charge in [-0.05, 0) is 49.2 Å². The number of rotatable bonds is 4. The first-order chi connectivity index (χ1) is 14.2. The highest BCUT2D eigenvalue weighted by Crippen LogP contribution is 2.29. The molecule has 148 valence electrons. The van der Waals surface area contributed by atoms with Gasteiger partial charge in [0.05, 0.1) is 12.2 Å². The van der Waals surface area contributed by atoms with Gasteiger partial charge in [-0.15, -0.1) is 0 Å². The van der Waals surface area contributed by atoms with Gasteiger partial charge in [-0.1, -0.05) is 24.3 Å². The van der Waals surface area contributed by atoms with Crippen molar-refractivity contribution in [1.29, 1.82) is 0 Å². The first-order valence-corrected chi connectivity index (χ1v) is 9.74. The van der Waals surface area contributed by atoms with Gasteiger partial charge in [0.2, 0.25) is 0 Å². The average Bonchev–Trinajstić information content (AvgIpc) is 3.19. The van der Waals surface area contributed by atoms with Crippen molar-refractivity contribution in [3.8, 4) is 0 Å². The van der Waals surface area contributed by atoms with Crippen LogP contribution >= 0.6 is 0 Å². The molecule has 3 aromatic rings. The smallest absolute Gasteiger partial charge is 0.338 e. The fraction of sp³-hybridized carbons (Fsp3) is 0.217. The summed E-state index contributed by atoms with van der Waals surface area (Å²) in [5, 5.41) is 4.10. The Morgan fingerprint density at radius 3 is 2.66 bits per heavy atom. The second-order valence-electron chi connectivity index (χ2n) is 6.90. The summed E-state index contributed by atoms with van der Waals surface area (Å²) in [5.74, 6) is -0.364. The molecule has 0 radical (unpaired) electrons. The Kier molecular flexibility index (Phi) is 5.33. The standard InChI is InChI=1S/C23H23N3O3/c1-2-29-22(27)17-7-9-18(10-8-17)25-23(28)26-13-11-16(12-14-26)20-15-24-21-6-4-3-5-19(20)21/h3-11,15,24H,2,12-14H2,1H3,(H,25,28). The van der Waals surface area contributed by atoms with Gasteiger partial charge in [0, 0.05) is 41.4 Å². The van der Waals surface area contributed by atoms with Crippen LogP contribution < -0.4 is 5.32 Å². The van der Waals surface area contributed by atoms with Crippen molar-refractivity contribution in [3.05, 3.63) is 71.9 Å². The molecule has 1 aliphatic heterocycles. The van der Waals surface area contributed by atoms with Crippen molar-refractivity contribution in [2.24, 2.45) is 0 Å². The molecule has 6 nitrogen and oxygen atoms in total. The van der Waals surface area contributed by atoms with E-state index in [0.717, 1.165) is 11.9 Å². The third kappa shape index (κ3) is 4.01. The van der Waals surface area contributed by atoms with Gasteiger partial charge < -0.3 is 19.9 Å². The van der Waals surface area contributed by atoms with E-state index in [1.165, 1.54) is 16.5 Å². The predicted octanol–water partition coefficient (Wildman–Crippen LogP) is 4.67. The summed E-state index contributed by atoms with van der Waals surface area (Å²) in [6, 6.07) is 14.8. The van der Waals surface area contributed by atoms with E-state index in [2.05, 4.69) is 28.5 Å². The number of esters is 1. The molecule has 0 atom stereocenters. The third-order valence-electron chi connectivity index (χ3n) is 5.08. The van der Waals surface area contributed by atoms with Crippen LogP contribution in [0.25, 0.3) is 16.5 Å². The van der Waals surface area contributed by atoms with E-state index in [4.69, 9.17) is 4.74 Å². The van der Waals surface area contributed by atoms with E-state index >= 15 is 0 Å². The number of H-pyrrole nitrogens is 1. The number of nitrogens with zero attached hydrogens (tertiary/aromatic N) is 1. The number of carbonyl (C=O) groups excluding carboxylic acids is 2. The number of benzene rings is 2. The van der Waals surface area contributed by atoms with Crippen molar-refractivity contribution in [3.63, 3.8) is 0 Å². The average molecular weight is 389 g/mol. The Bertz CT molecular complexity index is 1070. The maximum Gasteiger partial charge on any atom is 0.338 e. The Hall–Kier alpha value is -3.54. The fourth-order valence-electron chi connectivity index (χ4n) is 3.54. The Morgan fingerprint density at radius 1 is 1.14 bits per heavy atom. The van der Waals surface area contributed by atoms with Crippen LogP contribution in [0.1, 0.15) is 29.3 Å². The van der Waals surface area contributed by atoms with Crippen LogP contribution in [0, 0.1) is 0 Å². The molecule has 2 heterocycles. The van der Waals surface area contributed by atoms with E-state index in [1.807, 2.05) is 18.3 Å². The van der Waals surface area contributed by atoms with Crippen LogP contribution in [0.5, 0.6) is 0 Å². The second-order valence-corrected chi connectivity index (χ2v) is 6.90. The van der Waals surface area contributed by atoms with E-state index in [-0.39, 0.29) is 12.0 Å². The quantitative estimate of drug-likeness (QED) is 0.637. The molecule has 6 heteroatoms. The van der Waals surface area contributed by atoms with Gasteiger partial charge in [0.15, 0.2) is 0 Å². The summed E-state index contributed by atoms with van der Waals surface area (Å²) in [7, 11) is 0. The summed E-state index contributed by atoms with van der Waals surface area (Å²) in [6.07, 6.45) is 4.96. The molecule has 1 aliphatic rings. The van der Waals surface area contributed by atoms with Crippen LogP contribution in [-0.4, -0.2) is 41.6 Å². The summed E-state index contributed by atoms with van der Waals surface area (Å²) in [5.41, 5.74) is 4.69. The number of ether oxygens (including phenoxy) is 1. The maximum absolute atomic E-state index is 12.6. The monoisotopic (exact) mass is 389 g/mol. The number of fused-ring (bicyclic) bond motifs is 1. The fourth-order valence-corrected chi connectivity index (χ4v) is 3.54. The van der Waals surface area contributed by atoms with Crippen LogP contribution in [0.3, 0.4) is 0 Å². The highest BCUT2D eigenvalue weighted by Gasteiger charge is 2.19. The molecule has 2 N–H and O–H groups in total. The minimum atomic E-state index is -0.364. The Labute approximate surface area is 169 Å². The number of para-hydroxylation sites is 1. The lowest BCUT2D eigenvalue weighted by Gasteiger charge is -2.26. The maximum atomic E-state index is 12.6. The molecule has 0 bridgehead atoms. The molecule has 1 aromatic heterocycles.